The minimum absolute atomic E-state index is 0.00360. The summed E-state index contributed by atoms with van der Waals surface area (Å²) in [4.78, 5) is 14.0. The van der Waals surface area contributed by atoms with Gasteiger partial charge in [0.15, 0.2) is 11.5 Å². The monoisotopic (exact) mass is 364 g/mol. The first-order chi connectivity index (χ1) is 13.0. The number of rotatable bonds is 3. The predicted molar refractivity (Wildman–Crippen MR) is 105 cm³/mol. The van der Waals surface area contributed by atoms with Crippen LogP contribution in [-0.4, -0.2) is 37.1 Å². The van der Waals surface area contributed by atoms with E-state index in [1.54, 1.807) is 32.2 Å². The van der Waals surface area contributed by atoms with E-state index in [1.165, 1.54) is 0 Å². The number of anilines is 1. The molecule has 0 radical (unpaired) electrons. The molecule has 0 fully saturated rings. The molecule has 0 saturated carbocycles. The Morgan fingerprint density at radius 3 is 2.78 bits per heavy atom. The SMILES string of the molecule is COc1cccc(C2Nc3ccc(C(=O)N(C)C)cc3C3C=CCC32)c1O. The number of fused-ring (bicyclic) bond motifs is 3. The summed E-state index contributed by atoms with van der Waals surface area (Å²) in [6.07, 6.45) is 5.33. The second-order valence-electron chi connectivity index (χ2n) is 7.38. The number of aromatic hydroxyl groups is 1. The van der Waals surface area contributed by atoms with Crippen molar-refractivity contribution in [1.29, 1.82) is 0 Å². The fourth-order valence-corrected chi connectivity index (χ4v) is 4.25. The molecule has 2 aromatic carbocycles. The number of hydrogen-bond acceptors (Lipinski definition) is 4. The van der Waals surface area contributed by atoms with Crippen molar-refractivity contribution in [3.05, 3.63) is 65.2 Å². The molecule has 3 unspecified atom stereocenters. The Kier molecular flexibility index (Phi) is 4.30. The van der Waals surface area contributed by atoms with E-state index in [9.17, 15) is 9.90 Å². The molecule has 1 aliphatic heterocycles. The van der Waals surface area contributed by atoms with E-state index in [-0.39, 0.29) is 29.5 Å². The molecule has 3 atom stereocenters. The molecular formula is C22H24N2O3. The van der Waals surface area contributed by atoms with Crippen LogP contribution in [0, 0.1) is 5.92 Å². The van der Waals surface area contributed by atoms with Gasteiger partial charge in [0.25, 0.3) is 5.91 Å². The topological polar surface area (TPSA) is 61.8 Å². The Morgan fingerprint density at radius 2 is 2.04 bits per heavy atom. The van der Waals surface area contributed by atoms with E-state index in [0.717, 1.165) is 23.2 Å². The van der Waals surface area contributed by atoms with E-state index in [0.29, 0.717) is 11.3 Å². The summed E-state index contributed by atoms with van der Waals surface area (Å²) in [5.41, 5.74) is 3.68. The zero-order valence-corrected chi connectivity index (χ0v) is 15.8. The fourth-order valence-electron chi connectivity index (χ4n) is 4.25. The Balaban J connectivity index is 1.76. The van der Waals surface area contributed by atoms with Gasteiger partial charge < -0.3 is 20.1 Å². The molecule has 4 rings (SSSR count). The van der Waals surface area contributed by atoms with Crippen LogP contribution in [0.5, 0.6) is 11.5 Å². The summed E-state index contributed by atoms with van der Waals surface area (Å²) in [5, 5.41) is 14.2. The maximum Gasteiger partial charge on any atom is 0.253 e. The fraction of sp³-hybridized carbons (Fsp3) is 0.318. The van der Waals surface area contributed by atoms with Crippen molar-refractivity contribution in [3.63, 3.8) is 0 Å². The summed E-state index contributed by atoms with van der Waals surface area (Å²) >= 11 is 0. The number of amides is 1. The third-order valence-electron chi connectivity index (χ3n) is 5.60. The number of nitrogens with zero attached hydrogens (tertiary/aromatic N) is 1. The van der Waals surface area contributed by atoms with Crippen molar-refractivity contribution in [2.45, 2.75) is 18.4 Å². The van der Waals surface area contributed by atoms with Crippen molar-refractivity contribution in [1.82, 2.24) is 4.90 Å². The second-order valence-corrected chi connectivity index (χ2v) is 7.38. The quantitative estimate of drug-likeness (QED) is 0.810. The van der Waals surface area contributed by atoms with Crippen LogP contribution in [-0.2, 0) is 0 Å². The van der Waals surface area contributed by atoms with Crippen LogP contribution >= 0.6 is 0 Å². The summed E-state index contributed by atoms with van der Waals surface area (Å²) < 4.78 is 5.29. The lowest BCUT2D eigenvalue weighted by molar-refractivity contribution is 0.0827. The van der Waals surface area contributed by atoms with Crippen molar-refractivity contribution < 1.29 is 14.6 Å². The number of ether oxygens (including phenoxy) is 1. The van der Waals surface area contributed by atoms with Crippen LogP contribution in [0.1, 0.15) is 39.9 Å². The molecule has 2 aromatic rings. The summed E-state index contributed by atoms with van der Waals surface area (Å²) in [6.45, 7) is 0. The van der Waals surface area contributed by atoms with Gasteiger partial charge in [0.2, 0.25) is 0 Å². The molecule has 0 saturated heterocycles. The Hall–Kier alpha value is -2.95. The standard InChI is InChI=1S/C22H24N2O3/c1-24(2)22(26)13-10-11-18-17(12-13)14-6-4-7-15(14)20(23-18)16-8-5-9-19(27-3)21(16)25/h4-6,8-12,14-15,20,23,25H,7H2,1-3H3. The predicted octanol–water partition coefficient (Wildman–Crippen LogP) is 3.93. The first kappa shape index (κ1) is 17.5. The number of methoxy groups -OCH3 is 1. The van der Waals surface area contributed by atoms with Gasteiger partial charge in [-0.1, -0.05) is 24.3 Å². The van der Waals surface area contributed by atoms with Crippen molar-refractivity contribution in [2.75, 3.05) is 26.5 Å². The van der Waals surface area contributed by atoms with Crippen LogP contribution in [0.2, 0.25) is 0 Å². The van der Waals surface area contributed by atoms with Crippen LogP contribution < -0.4 is 10.1 Å². The van der Waals surface area contributed by atoms with Gasteiger partial charge in [-0.2, -0.15) is 0 Å². The van der Waals surface area contributed by atoms with E-state index in [4.69, 9.17) is 4.74 Å². The summed E-state index contributed by atoms with van der Waals surface area (Å²) in [6, 6.07) is 11.4. The zero-order chi connectivity index (χ0) is 19.1. The van der Waals surface area contributed by atoms with E-state index < -0.39 is 0 Å². The van der Waals surface area contributed by atoms with Gasteiger partial charge in [-0.15, -0.1) is 0 Å². The highest BCUT2D eigenvalue weighted by atomic mass is 16.5. The van der Waals surface area contributed by atoms with Crippen molar-refractivity contribution in [2.24, 2.45) is 5.92 Å². The lowest BCUT2D eigenvalue weighted by Gasteiger charge is -2.38. The highest BCUT2D eigenvalue weighted by molar-refractivity contribution is 5.94. The molecule has 1 amide bonds. The third kappa shape index (κ3) is 2.83. The van der Waals surface area contributed by atoms with Gasteiger partial charge in [0.05, 0.1) is 13.2 Å². The molecule has 0 spiro atoms. The third-order valence-corrected chi connectivity index (χ3v) is 5.60. The highest BCUT2D eigenvalue weighted by Crippen LogP contribution is 2.52. The normalized spacial score (nSPS) is 22.6. The molecule has 1 aliphatic carbocycles. The van der Waals surface area contributed by atoms with Gasteiger partial charge in [-0.05, 0) is 42.2 Å². The van der Waals surface area contributed by atoms with Crippen molar-refractivity contribution >= 4 is 11.6 Å². The minimum Gasteiger partial charge on any atom is -0.504 e. The van der Waals surface area contributed by atoms with Crippen LogP contribution in [0.4, 0.5) is 5.69 Å². The maximum atomic E-state index is 12.4. The lowest BCUT2D eigenvalue weighted by atomic mass is 9.76. The Morgan fingerprint density at radius 1 is 1.22 bits per heavy atom. The molecule has 2 N–H and O–H groups in total. The van der Waals surface area contributed by atoms with Gasteiger partial charge in [-0.3, -0.25) is 4.79 Å². The molecular weight excluding hydrogens is 340 g/mol. The maximum absolute atomic E-state index is 12.4. The number of allylic oxidation sites excluding steroid dienone is 2. The number of phenolic OH excluding ortho intramolecular Hbond substituents is 1. The lowest BCUT2D eigenvalue weighted by Crippen LogP contribution is -2.30. The van der Waals surface area contributed by atoms with Gasteiger partial charge in [0, 0.05) is 36.8 Å². The minimum atomic E-state index is -0.0250. The van der Waals surface area contributed by atoms with Gasteiger partial charge in [0.1, 0.15) is 0 Å². The molecule has 0 aromatic heterocycles. The van der Waals surface area contributed by atoms with Crippen LogP contribution in [0.25, 0.3) is 0 Å². The largest absolute Gasteiger partial charge is 0.504 e. The highest BCUT2D eigenvalue weighted by Gasteiger charge is 2.39. The van der Waals surface area contributed by atoms with Crippen molar-refractivity contribution in [3.8, 4) is 11.5 Å². The molecule has 0 bridgehead atoms. The summed E-state index contributed by atoms with van der Waals surface area (Å²) in [5.74, 6) is 1.16. The molecule has 27 heavy (non-hydrogen) atoms. The number of phenols is 1. The molecule has 1 heterocycles. The zero-order valence-electron chi connectivity index (χ0n) is 15.8. The number of carbonyl (C=O) groups excluding carboxylic acids is 1. The first-order valence-corrected chi connectivity index (χ1v) is 9.16. The van der Waals surface area contributed by atoms with E-state index in [2.05, 4.69) is 17.5 Å². The average molecular weight is 364 g/mol. The van der Waals surface area contributed by atoms with Crippen LogP contribution in [0.15, 0.2) is 48.6 Å². The molecule has 5 nitrogen and oxygen atoms in total. The molecule has 5 heteroatoms. The van der Waals surface area contributed by atoms with E-state index >= 15 is 0 Å². The van der Waals surface area contributed by atoms with Gasteiger partial charge in [-0.25, -0.2) is 0 Å². The Labute approximate surface area is 159 Å². The van der Waals surface area contributed by atoms with Crippen LogP contribution in [0.3, 0.4) is 0 Å². The number of hydrogen-bond donors (Lipinski definition) is 2. The number of benzene rings is 2. The van der Waals surface area contributed by atoms with E-state index in [1.807, 2.05) is 30.3 Å². The number of carbonyl (C=O) groups is 1. The average Bonchev–Trinajstić information content (AvgIpc) is 3.17. The Bertz CT molecular complexity index is 920. The smallest absolute Gasteiger partial charge is 0.253 e. The number of nitrogens with one attached hydrogen (secondary N) is 1. The summed E-state index contributed by atoms with van der Waals surface area (Å²) in [7, 11) is 5.09. The molecule has 140 valence electrons. The molecule has 2 aliphatic rings. The first-order valence-electron chi connectivity index (χ1n) is 9.16. The second kappa shape index (κ2) is 6.65. The van der Waals surface area contributed by atoms with Gasteiger partial charge >= 0.3 is 0 Å². The number of para-hydroxylation sites is 1.